The van der Waals surface area contributed by atoms with Crippen LogP contribution in [0.2, 0.25) is 0 Å². The molecule has 6 heteroatoms. The topological polar surface area (TPSA) is 46.6 Å². The van der Waals surface area contributed by atoms with Crippen molar-refractivity contribution in [3.05, 3.63) is 58.1 Å². The van der Waals surface area contributed by atoms with E-state index in [-0.39, 0.29) is 0 Å². The van der Waals surface area contributed by atoms with Gasteiger partial charge in [-0.1, -0.05) is 30.3 Å². The van der Waals surface area contributed by atoms with Crippen LogP contribution in [0.25, 0.3) is 21.7 Å². The molecule has 2 saturated heterocycles. The zero-order chi connectivity index (χ0) is 23.8. The molecule has 6 rings (SSSR count). The van der Waals surface area contributed by atoms with E-state index in [1.54, 1.807) is 0 Å². The highest BCUT2D eigenvalue weighted by Crippen LogP contribution is 2.39. The van der Waals surface area contributed by atoms with Crippen molar-refractivity contribution in [3.8, 4) is 27.4 Å². The van der Waals surface area contributed by atoms with Gasteiger partial charge in [-0.15, -0.1) is 11.3 Å². The summed E-state index contributed by atoms with van der Waals surface area (Å²) in [6, 6.07) is 13.1. The molecule has 0 radical (unpaired) electrons. The van der Waals surface area contributed by atoms with Crippen molar-refractivity contribution >= 4 is 11.3 Å². The molecule has 0 unspecified atom stereocenters. The number of aromatic nitrogens is 1. The summed E-state index contributed by atoms with van der Waals surface area (Å²) >= 11 is 1.86. The number of likely N-dealkylation sites (tertiary alicyclic amines) is 1. The first-order valence-corrected chi connectivity index (χ1v) is 13.8. The van der Waals surface area contributed by atoms with Crippen molar-refractivity contribution in [2.75, 3.05) is 46.0 Å². The average molecular weight is 490 g/mol. The van der Waals surface area contributed by atoms with E-state index in [4.69, 9.17) is 14.5 Å². The highest BCUT2D eigenvalue weighted by molar-refractivity contribution is 7.15. The lowest BCUT2D eigenvalue weighted by molar-refractivity contribution is -0.105. The number of rotatable bonds is 7. The Labute approximate surface area is 212 Å². The van der Waals surface area contributed by atoms with Crippen molar-refractivity contribution in [2.24, 2.45) is 5.41 Å². The van der Waals surface area contributed by atoms with Gasteiger partial charge in [0, 0.05) is 42.0 Å². The first-order valence-electron chi connectivity index (χ1n) is 12.9. The Morgan fingerprint density at radius 1 is 1.09 bits per heavy atom. The molecular formula is C29H35N3O2S. The van der Waals surface area contributed by atoms with E-state index < -0.39 is 0 Å². The predicted octanol–water partition coefficient (Wildman–Crippen LogP) is 5.23. The Morgan fingerprint density at radius 3 is 2.66 bits per heavy atom. The fraction of sp³-hybridized carbons (Fsp3) is 0.483. The maximum Gasteiger partial charge on any atom is 0.124 e. The van der Waals surface area contributed by atoms with Gasteiger partial charge in [0.1, 0.15) is 10.8 Å². The summed E-state index contributed by atoms with van der Waals surface area (Å²) in [5, 5.41) is 4.58. The van der Waals surface area contributed by atoms with E-state index in [0.717, 1.165) is 63.1 Å². The zero-order valence-electron chi connectivity index (χ0n) is 20.9. The summed E-state index contributed by atoms with van der Waals surface area (Å²) in [6.45, 7) is 12.5. The number of thiazole rings is 1. The van der Waals surface area contributed by atoms with Crippen molar-refractivity contribution in [2.45, 2.75) is 39.7 Å². The van der Waals surface area contributed by atoms with Crippen molar-refractivity contribution in [3.63, 3.8) is 0 Å². The van der Waals surface area contributed by atoms with E-state index in [0.29, 0.717) is 5.41 Å². The minimum absolute atomic E-state index is 0.465. The summed E-state index contributed by atoms with van der Waals surface area (Å²) in [4.78, 5) is 8.99. The minimum Gasteiger partial charge on any atom is -0.493 e. The molecular weight excluding hydrogens is 454 g/mol. The second kappa shape index (κ2) is 9.66. The molecule has 0 amide bonds. The molecule has 1 N–H and O–H groups in total. The van der Waals surface area contributed by atoms with Gasteiger partial charge in [-0.05, 0) is 68.0 Å². The second-order valence-corrected chi connectivity index (χ2v) is 11.5. The molecule has 1 aromatic heterocycles. The van der Waals surface area contributed by atoms with Gasteiger partial charge in [0.2, 0.25) is 0 Å². The summed E-state index contributed by atoms with van der Waals surface area (Å²) in [5.41, 5.74) is 7.94. The molecule has 1 spiro atoms. The SMILES string of the molecule is Cc1c(OCCCN2CCC3(COC3)C2)cccc1-c1cccc(-c2nc3c(s2)CCNC3)c1C. The fourth-order valence-corrected chi connectivity index (χ4v) is 6.94. The normalized spacial score (nSPS) is 19.0. The largest absolute Gasteiger partial charge is 0.493 e. The van der Waals surface area contributed by atoms with Gasteiger partial charge in [0.25, 0.3) is 0 Å². The number of nitrogens with one attached hydrogen (secondary N) is 1. The molecule has 0 aliphatic carbocycles. The van der Waals surface area contributed by atoms with Gasteiger partial charge < -0.3 is 19.7 Å². The van der Waals surface area contributed by atoms with E-state index in [1.807, 2.05) is 11.3 Å². The van der Waals surface area contributed by atoms with Crippen molar-refractivity contribution in [1.82, 2.24) is 15.2 Å². The molecule has 0 saturated carbocycles. The lowest BCUT2D eigenvalue weighted by Gasteiger charge is -2.37. The number of hydrogen-bond donors (Lipinski definition) is 1. The van der Waals surface area contributed by atoms with E-state index in [1.165, 1.54) is 57.9 Å². The van der Waals surface area contributed by atoms with Crippen molar-refractivity contribution in [1.29, 1.82) is 0 Å². The lowest BCUT2D eigenvalue weighted by Crippen LogP contribution is -2.44. The molecule has 3 aliphatic heterocycles. The van der Waals surface area contributed by atoms with Gasteiger partial charge in [-0.2, -0.15) is 0 Å². The quantitative estimate of drug-likeness (QED) is 0.461. The third-order valence-electron chi connectivity index (χ3n) is 7.95. The maximum absolute atomic E-state index is 6.29. The number of nitrogens with zero attached hydrogens (tertiary/aromatic N) is 2. The third-order valence-corrected chi connectivity index (χ3v) is 9.14. The Kier molecular flexibility index (Phi) is 6.39. The molecule has 4 heterocycles. The average Bonchev–Trinajstić information content (AvgIpc) is 3.48. The molecule has 184 valence electrons. The van der Waals surface area contributed by atoms with E-state index >= 15 is 0 Å². The molecule has 0 atom stereocenters. The Hall–Kier alpha value is -2.25. The van der Waals surface area contributed by atoms with Crippen LogP contribution in [-0.4, -0.2) is 55.9 Å². The molecule has 35 heavy (non-hydrogen) atoms. The highest BCUT2D eigenvalue weighted by atomic mass is 32.1. The molecule has 5 nitrogen and oxygen atoms in total. The van der Waals surface area contributed by atoms with Crippen LogP contribution in [0.15, 0.2) is 36.4 Å². The monoisotopic (exact) mass is 489 g/mol. The smallest absolute Gasteiger partial charge is 0.124 e. The first kappa shape index (κ1) is 23.2. The van der Waals surface area contributed by atoms with Gasteiger partial charge in [-0.3, -0.25) is 0 Å². The van der Waals surface area contributed by atoms with Crippen LogP contribution >= 0.6 is 11.3 Å². The minimum atomic E-state index is 0.465. The van der Waals surface area contributed by atoms with Crippen LogP contribution in [0.1, 0.15) is 34.5 Å². The standard InChI is InChI=1S/C29H35N3O2S/c1-20-22(6-3-8-24(20)28-31-25-16-30-12-10-27(25)35-28)23-7-4-9-26(21(23)2)34-15-5-13-32-14-11-29(17-32)18-33-19-29/h3-4,6-9,30H,5,10-19H2,1-2H3. The van der Waals surface area contributed by atoms with Gasteiger partial charge in [0.15, 0.2) is 0 Å². The van der Waals surface area contributed by atoms with Crippen LogP contribution in [-0.2, 0) is 17.7 Å². The summed E-state index contributed by atoms with van der Waals surface area (Å²) in [7, 11) is 0. The van der Waals surface area contributed by atoms with Gasteiger partial charge in [0.05, 0.1) is 25.5 Å². The van der Waals surface area contributed by atoms with Crippen LogP contribution in [0.5, 0.6) is 5.75 Å². The van der Waals surface area contributed by atoms with Crippen molar-refractivity contribution < 1.29 is 9.47 Å². The Morgan fingerprint density at radius 2 is 1.89 bits per heavy atom. The Balaban J connectivity index is 1.15. The van der Waals surface area contributed by atoms with Crippen LogP contribution in [0.3, 0.4) is 0 Å². The lowest BCUT2D eigenvalue weighted by atomic mass is 9.85. The van der Waals surface area contributed by atoms with Crippen LogP contribution < -0.4 is 10.1 Å². The number of benzene rings is 2. The Bertz CT molecular complexity index is 1190. The highest BCUT2D eigenvalue weighted by Gasteiger charge is 2.43. The first-order chi connectivity index (χ1) is 17.1. The number of ether oxygens (including phenoxy) is 2. The number of fused-ring (bicyclic) bond motifs is 1. The summed E-state index contributed by atoms with van der Waals surface area (Å²) in [6.07, 6.45) is 3.42. The zero-order valence-corrected chi connectivity index (χ0v) is 21.7. The van der Waals surface area contributed by atoms with E-state index in [9.17, 15) is 0 Å². The molecule has 0 bridgehead atoms. The summed E-state index contributed by atoms with van der Waals surface area (Å²) in [5.74, 6) is 0.994. The van der Waals surface area contributed by atoms with E-state index in [2.05, 4.69) is 60.5 Å². The molecule has 3 aliphatic rings. The third kappa shape index (κ3) is 4.53. The fourth-order valence-electron chi connectivity index (χ4n) is 5.78. The van der Waals surface area contributed by atoms with Crippen LogP contribution in [0.4, 0.5) is 0 Å². The predicted molar refractivity (Wildman–Crippen MR) is 142 cm³/mol. The molecule has 2 fully saturated rings. The van der Waals surface area contributed by atoms with Crippen LogP contribution in [0, 0.1) is 19.3 Å². The van der Waals surface area contributed by atoms with Gasteiger partial charge >= 0.3 is 0 Å². The maximum atomic E-state index is 6.29. The van der Waals surface area contributed by atoms with Gasteiger partial charge in [-0.25, -0.2) is 4.98 Å². The molecule has 3 aromatic rings. The summed E-state index contributed by atoms with van der Waals surface area (Å²) < 4.78 is 11.7. The second-order valence-electron chi connectivity index (χ2n) is 10.4. The number of hydrogen-bond acceptors (Lipinski definition) is 6. The molecule has 2 aromatic carbocycles.